The zero-order chi connectivity index (χ0) is 11.6. The predicted molar refractivity (Wildman–Crippen MR) is 54.3 cm³/mol. The number of anilines is 1. The fourth-order valence-electron chi connectivity index (χ4n) is 0.739. The fraction of sp³-hybridized carbons (Fsp3) is 0.143. The number of hydrogen-bond donors (Lipinski definition) is 1. The van der Waals surface area contributed by atoms with Gasteiger partial charge in [0, 0.05) is 5.69 Å². The molecule has 0 unspecified atom stereocenters. The quantitative estimate of drug-likeness (QED) is 0.793. The Morgan fingerprint density at radius 2 is 1.73 bits per heavy atom. The topological polar surface area (TPSA) is 42.0 Å². The Morgan fingerprint density at radius 3 is 2.13 bits per heavy atom. The number of nitrogens with one attached hydrogen (secondary N) is 1. The van der Waals surface area contributed by atoms with Gasteiger partial charge in [-0.3, -0.25) is 4.79 Å². The van der Waals surface area contributed by atoms with Crippen LogP contribution in [0.5, 0.6) is 0 Å². The molecule has 0 bridgehead atoms. The summed E-state index contributed by atoms with van der Waals surface area (Å²) in [6.45, 7) is 0. The summed E-state index contributed by atoms with van der Waals surface area (Å²) in [6, 6.07) is 2.52. The molecule has 1 aromatic heterocycles. The van der Waals surface area contributed by atoms with Gasteiger partial charge in [-0.2, -0.15) is 13.2 Å². The Balaban J connectivity index is 2.86. The van der Waals surface area contributed by atoms with E-state index in [-0.39, 0.29) is 5.69 Å². The van der Waals surface area contributed by atoms with E-state index < -0.39 is 12.1 Å². The van der Waals surface area contributed by atoms with E-state index in [4.69, 9.17) is 0 Å². The predicted octanol–water partition coefficient (Wildman–Crippen LogP) is 3.11. The Morgan fingerprint density at radius 1 is 1.27 bits per heavy atom. The lowest BCUT2D eigenvalue weighted by atomic mass is 10.4. The van der Waals surface area contributed by atoms with Gasteiger partial charge in [-0.15, -0.1) is 0 Å². The first-order chi connectivity index (χ1) is 6.79. The summed E-state index contributed by atoms with van der Waals surface area (Å²) in [7, 11) is 0. The number of amides is 1. The summed E-state index contributed by atoms with van der Waals surface area (Å²) in [5.74, 6) is -2.02. The molecule has 1 heterocycles. The fourth-order valence-corrected chi connectivity index (χ4v) is 1.85. The van der Waals surface area contributed by atoms with Crippen LogP contribution >= 0.6 is 31.9 Å². The van der Waals surface area contributed by atoms with Crippen LogP contribution < -0.4 is 5.32 Å². The van der Waals surface area contributed by atoms with Gasteiger partial charge in [-0.1, -0.05) is 0 Å². The second kappa shape index (κ2) is 4.48. The monoisotopic (exact) mass is 346 g/mol. The number of halogens is 5. The molecule has 0 saturated carbocycles. The molecule has 1 N–H and O–H groups in total. The van der Waals surface area contributed by atoms with Crippen molar-refractivity contribution in [2.45, 2.75) is 6.18 Å². The van der Waals surface area contributed by atoms with E-state index in [0.717, 1.165) is 0 Å². The van der Waals surface area contributed by atoms with Gasteiger partial charge in [-0.25, -0.2) is 4.98 Å². The zero-order valence-electron chi connectivity index (χ0n) is 6.90. The van der Waals surface area contributed by atoms with Crippen molar-refractivity contribution in [1.29, 1.82) is 0 Å². The number of pyridine rings is 1. The molecule has 1 amide bonds. The molecule has 0 aliphatic rings. The van der Waals surface area contributed by atoms with Gasteiger partial charge in [0.05, 0.1) is 0 Å². The molecule has 0 aliphatic heterocycles. The van der Waals surface area contributed by atoms with Gasteiger partial charge in [0.2, 0.25) is 0 Å². The van der Waals surface area contributed by atoms with E-state index >= 15 is 0 Å². The molecule has 0 fully saturated rings. The van der Waals surface area contributed by atoms with Crippen LogP contribution in [0.2, 0.25) is 0 Å². The minimum Gasteiger partial charge on any atom is -0.318 e. The zero-order valence-corrected chi connectivity index (χ0v) is 10.1. The van der Waals surface area contributed by atoms with Crippen LogP contribution in [-0.4, -0.2) is 17.1 Å². The second-order valence-corrected chi connectivity index (χ2v) is 4.08. The van der Waals surface area contributed by atoms with Crippen molar-refractivity contribution in [3.05, 3.63) is 21.3 Å². The summed E-state index contributed by atoms with van der Waals surface area (Å²) in [5.41, 5.74) is 0.00562. The Kier molecular flexibility index (Phi) is 3.72. The maximum atomic E-state index is 11.9. The first-order valence-corrected chi connectivity index (χ1v) is 5.09. The SMILES string of the molecule is O=C(Nc1cc(Br)nc(Br)c1)C(F)(F)F. The highest BCUT2D eigenvalue weighted by atomic mass is 79.9. The highest BCUT2D eigenvalue weighted by Gasteiger charge is 2.38. The maximum absolute atomic E-state index is 11.9. The maximum Gasteiger partial charge on any atom is 0.471 e. The third-order valence-electron chi connectivity index (χ3n) is 1.28. The van der Waals surface area contributed by atoms with Crippen molar-refractivity contribution in [3.8, 4) is 0 Å². The second-order valence-electron chi connectivity index (χ2n) is 2.45. The molecule has 0 radical (unpaired) electrons. The van der Waals surface area contributed by atoms with Gasteiger partial charge in [0.15, 0.2) is 0 Å². The standard InChI is InChI=1S/C7H3Br2F3N2O/c8-4-1-3(2-5(9)14-4)13-6(15)7(10,11)12/h1-2H,(H,13,14,15). The number of carbonyl (C=O) groups is 1. The number of nitrogens with zero attached hydrogens (tertiary/aromatic N) is 1. The minimum absolute atomic E-state index is 0.00562. The molecular weight excluding hydrogens is 345 g/mol. The van der Waals surface area contributed by atoms with E-state index in [2.05, 4.69) is 36.8 Å². The number of aromatic nitrogens is 1. The number of hydrogen-bond acceptors (Lipinski definition) is 2. The lowest BCUT2D eigenvalue weighted by Crippen LogP contribution is -2.29. The van der Waals surface area contributed by atoms with Crippen molar-refractivity contribution < 1.29 is 18.0 Å². The summed E-state index contributed by atoms with van der Waals surface area (Å²) in [6.07, 6.45) is -4.90. The number of carbonyl (C=O) groups excluding carboxylic acids is 1. The van der Waals surface area contributed by atoms with Crippen LogP contribution in [0, 0.1) is 0 Å². The lowest BCUT2D eigenvalue weighted by Gasteiger charge is -2.08. The van der Waals surface area contributed by atoms with Crippen LogP contribution in [-0.2, 0) is 4.79 Å². The normalized spacial score (nSPS) is 11.3. The largest absolute Gasteiger partial charge is 0.471 e. The molecule has 82 valence electrons. The van der Waals surface area contributed by atoms with Crippen LogP contribution in [0.25, 0.3) is 0 Å². The summed E-state index contributed by atoms with van der Waals surface area (Å²) >= 11 is 5.96. The number of rotatable bonds is 1. The van der Waals surface area contributed by atoms with E-state index in [0.29, 0.717) is 9.21 Å². The Bertz CT molecular complexity index is 374. The Labute approximate surface area is 99.3 Å². The van der Waals surface area contributed by atoms with Gasteiger partial charge in [0.1, 0.15) is 9.21 Å². The molecule has 0 aliphatic carbocycles. The third-order valence-corrected chi connectivity index (χ3v) is 2.09. The van der Waals surface area contributed by atoms with Gasteiger partial charge in [0.25, 0.3) is 0 Å². The molecule has 3 nitrogen and oxygen atoms in total. The van der Waals surface area contributed by atoms with Crippen molar-refractivity contribution in [3.63, 3.8) is 0 Å². The third kappa shape index (κ3) is 3.78. The van der Waals surface area contributed by atoms with Gasteiger partial charge >= 0.3 is 12.1 Å². The Hall–Kier alpha value is -0.630. The smallest absolute Gasteiger partial charge is 0.318 e. The lowest BCUT2D eigenvalue weighted by molar-refractivity contribution is -0.167. The molecule has 15 heavy (non-hydrogen) atoms. The minimum atomic E-state index is -4.90. The van der Waals surface area contributed by atoms with Crippen molar-refractivity contribution in [2.24, 2.45) is 0 Å². The molecule has 0 saturated heterocycles. The highest BCUT2D eigenvalue weighted by Crippen LogP contribution is 2.22. The molecule has 0 spiro atoms. The van der Waals surface area contributed by atoms with Crippen molar-refractivity contribution in [1.82, 2.24) is 4.98 Å². The van der Waals surface area contributed by atoms with Crippen LogP contribution in [0.3, 0.4) is 0 Å². The van der Waals surface area contributed by atoms with Crippen molar-refractivity contribution >= 4 is 43.5 Å². The average molecular weight is 348 g/mol. The number of alkyl halides is 3. The summed E-state index contributed by atoms with van der Waals surface area (Å²) < 4.78 is 36.3. The molecule has 1 rings (SSSR count). The first kappa shape index (κ1) is 12.4. The van der Waals surface area contributed by atoms with Gasteiger partial charge in [-0.05, 0) is 44.0 Å². The molecule has 1 aromatic rings. The molecular formula is C7H3Br2F3N2O. The summed E-state index contributed by atoms with van der Waals surface area (Å²) in [4.78, 5) is 14.4. The van der Waals surface area contributed by atoms with Crippen molar-refractivity contribution in [2.75, 3.05) is 5.32 Å². The molecule has 8 heteroatoms. The van der Waals surface area contributed by atoms with E-state index in [1.54, 1.807) is 5.32 Å². The summed E-state index contributed by atoms with van der Waals surface area (Å²) in [5, 5.41) is 1.70. The van der Waals surface area contributed by atoms with E-state index in [1.165, 1.54) is 12.1 Å². The van der Waals surface area contributed by atoms with Crippen LogP contribution in [0.15, 0.2) is 21.3 Å². The van der Waals surface area contributed by atoms with Crippen LogP contribution in [0.1, 0.15) is 0 Å². The first-order valence-electron chi connectivity index (χ1n) is 3.50. The van der Waals surface area contributed by atoms with E-state index in [1.807, 2.05) is 0 Å². The van der Waals surface area contributed by atoms with Gasteiger partial charge < -0.3 is 5.32 Å². The van der Waals surface area contributed by atoms with E-state index in [9.17, 15) is 18.0 Å². The molecule has 0 aromatic carbocycles. The molecule has 0 atom stereocenters. The highest BCUT2D eigenvalue weighted by molar-refractivity contribution is 9.11. The van der Waals surface area contributed by atoms with Crippen LogP contribution in [0.4, 0.5) is 18.9 Å². The average Bonchev–Trinajstić information content (AvgIpc) is 1.99.